The highest BCUT2D eigenvalue weighted by Crippen LogP contribution is 2.15. The largest absolute Gasteiger partial charge is 0.212 e. The molecule has 0 amide bonds. The topological polar surface area (TPSA) is 0 Å². The van der Waals surface area contributed by atoms with Crippen molar-refractivity contribution < 1.29 is 4.39 Å². The zero-order chi connectivity index (χ0) is 9.68. The third-order valence-electron chi connectivity index (χ3n) is 1.73. The van der Waals surface area contributed by atoms with Crippen LogP contribution in [0.15, 0.2) is 36.2 Å². The Morgan fingerprint density at radius 2 is 1.92 bits per heavy atom. The van der Waals surface area contributed by atoms with Gasteiger partial charge in [0.15, 0.2) is 0 Å². The first-order valence-electron chi connectivity index (χ1n) is 4.59. The van der Waals surface area contributed by atoms with E-state index in [9.17, 15) is 4.39 Å². The van der Waals surface area contributed by atoms with Crippen LogP contribution in [0.2, 0.25) is 0 Å². The lowest BCUT2D eigenvalue weighted by molar-refractivity contribution is 0.522. The summed E-state index contributed by atoms with van der Waals surface area (Å²) in [5.41, 5.74) is 0.931. The van der Waals surface area contributed by atoms with Gasteiger partial charge >= 0.3 is 0 Å². The van der Waals surface area contributed by atoms with Gasteiger partial charge in [0, 0.05) is 6.42 Å². The molecule has 0 saturated carbocycles. The molecule has 0 spiro atoms. The Hall–Kier alpha value is -1.11. The van der Waals surface area contributed by atoms with Gasteiger partial charge in [0.2, 0.25) is 0 Å². The van der Waals surface area contributed by atoms with E-state index in [-0.39, 0.29) is 5.83 Å². The van der Waals surface area contributed by atoms with Gasteiger partial charge in [-0.3, -0.25) is 0 Å². The van der Waals surface area contributed by atoms with E-state index < -0.39 is 0 Å². The lowest BCUT2D eigenvalue weighted by Gasteiger charge is -2.01. The molecule has 0 fully saturated rings. The highest BCUT2D eigenvalue weighted by molar-refractivity contribution is 5.50. The standard InChI is InChI=1S/C12H15F/c1-10(2)8-12(13)9-11-6-4-3-5-7-11/h3-7,9-10H,8H2,1-2H3. The normalized spacial score (nSPS) is 12.2. The van der Waals surface area contributed by atoms with Crippen molar-refractivity contribution in [3.8, 4) is 0 Å². The molecule has 0 radical (unpaired) electrons. The molecule has 0 aliphatic heterocycles. The van der Waals surface area contributed by atoms with Crippen LogP contribution in [0.3, 0.4) is 0 Å². The summed E-state index contributed by atoms with van der Waals surface area (Å²) in [4.78, 5) is 0. The second-order valence-electron chi connectivity index (χ2n) is 3.60. The van der Waals surface area contributed by atoms with Gasteiger partial charge < -0.3 is 0 Å². The van der Waals surface area contributed by atoms with Crippen LogP contribution >= 0.6 is 0 Å². The molecule has 0 nitrogen and oxygen atoms in total. The van der Waals surface area contributed by atoms with Crippen molar-refractivity contribution in [1.82, 2.24) is 0 Å². The van der Waals surface area contributed by atoms with E-state index in [1.807, 2.05) is 44.2 Å². The van der Waals surface area contributed by atoms with Gasteiger partial charge in [-0.05, 0) is 17.6 Å². The van der Waals surface area contributed by atoms with Gasteiger partial charge in [0.05, 0.1) is 0 Å². The van der Waals surface area contributed by atoms with Gasteiger partial charge in [-0.2, -0.15) is 0 Å². The summed E-state index contributed by atoms with van der Waals surface area (Å²) in [5.74, 6) is 0.334. The van der Waals surface area contributed by atoms with Gasteiger partial charge in [-0.1, -0.05) is 44.2 Å². The minimum Gasteiger partial charge on any atom is -0.212 e. The molecule has 0 saturated heterocycles. The summed E-state index contributed by atoms with van der Waals surface area (Å²) >= 11 is 0. The number of rotatable bonds is 3. The van der Waals surface area contributed by atoms with Crippen molar-refractivity contribution >= 4 is 6.08 Å². The second kappa shape index (κ2) is 4.80. The summed E-state index contributed by atoms with van der Waals surface area (Å²) in [6.07, 6.45) is 2.12. The molecule has 0 N–H and O–H groups in total. The predicted molar refractivity (Wildman–Crippen MR) is 55.0 cm³/mol. The van der Waals surface area contributed by atoms with Crippen molar-refractivity contribution in [3.63, 3.8) is 0 Å². The van der Waals surface area contributed by atoms with Gasteiger partial charge in [-0.15, -0.1) is 0 Å². The van der Waals surface area contributed by atoms with Crippen LogP contribution < -0.4 is 0 Å². The van der Waals surface area contributed by atoms with E-state index in [2.05, 4.69) is 0 Å². The summed E-state index contributed by atoms with van der Waals surface area (Å²) in [6, 6.07) is 9.56. The van der Waals surface area contributed by atoms with E-state index >= 15 is 0 Å². The smallest absolute Gasteiger partial charge is 0.101 e. The fraction of sp³-hybridized carbons (Fsp3) is 0.333. The van der Waals surface area contributed by atoms with Gasteiger partial charge in [-0.25, -0.2) is 4.39 Å². The number of halogens is 1. The first-order valence-corrected chi connectivity index (χ1v) is 4.59. The Labute approximate surface area is 79.1 Å². The summed E-state index contributed by atoms with van der Waals surface area (Å²) in [5, 5.41) is 0. The molecule has 13 heavy (non-hydrogen) atoms. The van der Waals surface area contributed by atoms with E-state index in [4.69, 9.17) is 0 Å². The maximum absolute atomic E-state index is 13.2. The molecule has 1 aromatic carbocycles. The Balaban J connectivity index is 2.66. The molecule has 0 bridgehead atoms. The lowest BCUT2D eigenvalue weighted by Crippen LogP contribution is -1.86. The fourth-order valence-electron chi connectivity index (χ4n) is 1.18. The first kappa shape index (κ1) is 9.97. The zero-order valence-electron chi connectivity index (χ0n) is 8.13. The van der Waals surface area contributed by atoms with Crippen LogP contribution in [-0.2, 0) is 0 Å². The first-order chi connectivity index (χ1) is 6.18. The van der Waals surface area contributed by atoms with Gasteiger partial charge in [0.1, 0.15) is 5.83 Å². The molecular formula is C12H15F. The average molecular weight is 178 g/mol. The fourth-order valence-corrected chi connectivity index (χ4v) is 1.18. The van der Waals surface area contributed by atoms with E-state index in [0.29, 0.717) is 12.3 Å². The number of benzene rings is 1. The molecule has 0 atom stereocenters. The Bertz CT molecular complexity index is 272. The summed E-state index contributed by atoms with van der Waals surface area (Å²) in [7, 11) is 0. The highest BCUT2D eigenvalue weighted by Gasteiger charge is 1.99. The maximum Gasteiger partial charge on any atom is 0.101 e. The van der Waals surface area contributed by atoms with E-state index in [1.165, 1.54) is 0 Å². The molecular weight excluding hydrogens is 163 g/mol. The molecule has 0 aliphatic carbocycles. The van der Waals surface area contributed by atoms with Crippen LogP contribution in [0.4, 0.5) is 4.39 Å². The van der Waals surface area contributed by atoms with Gasteiger partial charge in [0.25, 0.3) is 0 Å². The highest BCUT2D eigenvalue weighted by atomic mass is 19.1. The van der Waals surface area contributed by atoms with Crippen molar-refractivity contribution in [2.75, 3.05) is 0 Å². The Morgan fingerprint density at radius 1 is 1.31 bits per heavy atom. The number of hydrogen-bond acceptors (Lipinski definition) is 0. The van der Waals surface area contributed by atoms with Crippen LogP contribution in [-0.4, -0.2) is 0 Å². The van der Waals surface area contributed by atoms with Crippen LogP contribution in [0.25, 0.3) is 6.08 Å². The Kier molecular flexibility index (Phi) is 3.69. The van der Waals surface area contributed by atoms with E-state index in [0.717, 1.165) is 5.56 Å². The zero-order valence-corrected chi connectivity index (χ0v) is 8.13. The maximum atomic E-state index is 13.2. The number of hydrogen-bond donors (Lipinski definition) is 0. The minimum atomic E-state index is -0.0406. The molecule has 0 unspecified atom stereocenters. The third kappa shape index (κ3) is 3.88. The number of allylic oxidation sites excluding steroid dienone is 1. The molecule has 70 valence electrons. The molecule has 1 rings (SSSR count). The Morgan fingerprint density at radius 3 is 2.46 bits per heavy atom. The van der Waals surface area contributed by atoms with Crippen LogP contribution in [0, 0.1) is 5.92 Å². The minimum absolute atomic E-state index is 0.0406. The van der Waals surface area contributed by atoms with Crippen molar-refractivity contribution in [2.45, 2.75) is 20.3 Å². The lowest BCUT2D eigenvalue weighted by atomic mass is 10.1. The monoisotopic (exact) mass is 178 g/mol. The van der Waals surface area contributed by atoms with Crippen molar-refractivity contribution in [3.05, 3.63) is 41.7 Å². The molecule has 0 aliphatic rings. The SMILES string of the molecule is CC(C)CC(F)=Cc1ccccc1. The van der Waals surface area contributed by atoms with Crippen molar-refractivity contribution in [2.24, 2.45) is 5.92 Å². The summed E-state index contributed by atoms with van der Waals surface area (Å²) < 4.78 is 13.2. The third-order valence-corrected chi connectivity index (χ3v) is 1.73. The molecule has 0 aromatic heterocycles. The summed E-state index contributed by atoms with van der Waals surface area (Å²) in [6.45, 7) is 4.02. The molecule has 0 heterocycles. The average Bonchev–Trinajstić information content (AvgIpc) is 2.04. The predicted octanol–water partition coefficient (Wildman–Crippen LogP) is 4.04. The molecule has 1 aromatic rings. The van der Waals surface area contributed by atoms with Crippen molar-refractivity contribution in [1.29, 1.82) is 0 Å². The quantitative estimate of drug-likeness (QED) is 0.655. The molecule has 1 heteroatoms. The van der Waals surface area contributed by atoms with E-state index in [1.54, 1.807) is 6.08 Å². The second-order valence-corrected chi connectivity index (χ2v) is 3.60. The van der Waals surface area contributed by atoms with Crippen LogP contribution in [0.5, 0.6) is 0 Å². The van der Waals surface area contributed by atoms with Crippen LogP contribution in [0.1, 0.15) is 25.8 Å².